The second-order valence-corrected chi connectivity index (χ2v) is 4.74. The van der Waals surface area contributed by atoms with Gasteiger partial charge in [-0.2, -0.15) is 0 Å². The van der Waals surface area contributed by atoms with Crippen molar-refractivity contribution in [2.24, 2.45) is 24.4 Å². The van der Waals surface area contributed by atoms with Gasteiger partial charge in [-0.3, -0.25) is 9.59 Å². The first kappa shape index (κ1) is 12.6. The molecule has 98 valence electrons. The van der Waals surface area contributed by atoms with Crippen LogP contribution < -0.4 is 16.8 Å². The van der Waals surface area contributed by atoms with E-state index in [9.17, 15) is 9.59 Å². The number of rotatable bonds is 5. The van der Waals surface area contributed by atoms with Gasteiger partial charge in [0.05, 0.1) is 5.56 Å². The molecule has 0 spiro atoms. The second kappa shape index (κ2) is 4.81. The van der Waals surface area contributed by atoms with E-state index in [-0.39, 0.29) is 11.9 Å². The van der Waals surface area contributed by atoms with Crippen LogP contribution in [0.25, 0.3) is 0 Å². The van der Waals surface area contributed by atoms with Gasteiger partial charge in [0.25, 0.3) is 5.91 Å². The zero-order chi connectivity index (χ0) is 13.3. The summed E-state index contributed by atoms with van der Waals surface area (Å²) in [5.41, 5.74) is 11.6. The number of carbonyl (C=O) groups is 2. The van der Waals surface area contributed by atoms with Gasteiger partial charge in [0.1, 0.15) is 5.69 Å². The van der Waals surface area contributed by atoms with Crippen molar-refractivity contribution < 1.29 is 9.59 Å². The van der Waals surface area contributed by atoms with E-state index in [0.29, 0.717) is 23.7 Å². The minimum absolute atomic E-state index is 0.0180. The summed E-state index contributed by atoms with van der Waals surface area (Å²) in [6.07, 6.45) is 3.77. The Bertz CT molecular complexity index is 476. The van der Waals surface area contributed by atoms with Gasteiger partial charge in [0, 0.05) is 25.8 Å². The molecule has 2 amide bonds. The predicted octanol–water partition coefficient (Wildman–Crippen LogP) is -0.409. The lowest BCUT2D eigenvalue weighted by atomic mass is 10.2. The average Bonchev–Trinajstić information content (AvgIpc) is 3.08. The van der Waals surface area contributed by atoms with Crippen LogP contribution in [0.2, 0.25) is 0 Å². The summed E-state index contributed by atoms with van der Waals surface area (Å²) in [6, 6.07) is 1.52. The van der Waals surface area contributed by atoms with Gasteiger partial charge in [0.15, 0.2) is 0 Å². The number of aromatic nitrogens is 1. The normalized spacial score (nSPS) is 16.3. The maximum absolute atomic E-state index is 12.1. The molecule has 5 N–H and O–H groups in total. The number of amides is 2. The first-order chi connectivity index (χ1) is 8.52. The number of hydrogen-bond acceptors (Lipinski definition) is 3. The predicted molar refractivity (Wildman–Crippen MR) is 67.0 cm³/mol. The molecule has 1 heterocycles. The molecular formula is C12H18N4O2. The molecule has 1 atom stereocenters. The highest BCUT2D eigenvalue weighted by Gasteiger charge is 2.31. The summed E-state index contributed by atoms with van der Waals surface area (Å²) in [4.78, 5) is 23.1. The number of hydrogen-bond donors (Lipinski definition) is 3. The van der Waals surface area contributed by atoms with E-state index >= 15 is 0 Å². The molecule has 2 rings (SSSR count). The lowest BCUT2D eigenvalue weighted by molar-refractivity contribution is 0.0925. The molecule has 1 aromatic rings. The van der Waals surface area contributed by atoms with Gasteiger partial charge in [-0.25, -0.2) is 0 Å². The Morgan fingerprint density at radius 2 is 2.22 bits per heavy atom. The van der Waals surface area contributed by atoms with Crippen LogP contribution in [0.1, 0.15) is 33.7 Å². The second-order valence-electron chi connectivity index (χ2n) is 4.74. The van der Waals surface area contributed by atoms with Crippen LogP contribution in [0.4, 0.5) is 0 Å². The van der Waals surface area contributed by atoms with Crippen molar-refractivity contribution in [2.75, 3.05) is 6.54 Å². The number of nitrogens with one attached hydrogen (secondary N) is 1. The van der Waals surface area contributed by atoms with Crippen LogP contribution in [0.5, 0.6) is 0 Å². The molecule has 1 unspecified atom stereocenters. The number of primary amides is 1. The molecule has 0 radical (unpaired) electrons. The number of nitrogens with zero attached hydrogens (tertiary/aromatic N) is 1. The van der Waals surface area contributed by atoms with E-state index < -0.39 is 5.91 Å². The smallest absolute Gasteiger partial charge is 0.268 e. The Morgan fingerprint density at radius 1 is 1.56 bits per heavy atom. The van der Waals surface area contributed by atoms with Crippen LogP contribution in [0, 0.1) is 5.92 Å². The summed E-state index contributed by atoms with van der Waals surface area (Å²) in [6.45, 7) is 0.434. The van der Waals surface area contributed by atoms with Crippen molar-refractivity contribution in [1.29, 1.82) is 0 Å². The molecule has 1 fully saturated rings. The van der Waals surface area contributed by atoms with E-state index in [2.05, 4.69) is 5.32 Å². The molecule has 1 aliphatic rings. The van der Waals surface area contributed by atoms with Gasteiger partial charge in [0.2, 0.25) is 5.91 Å². The molecule has 0 aromatic carbocycles. The van der Waals surface area contributed by atoms with Gasteiger partial charge in [-0.1, -0.05) is 0 Å². The number of carbonyl (C=O) groups excluding carboxylic acids is 2. The van der Waals surface area contributed by atoms with Crippen LogP contribution >= 0.6 is 0 Å². The maximum atomic E-state index is 12.1. The van der Waals surface area contributed by atoms with E-state index in [1.54, 1.807) is 17.8 Å². The van der Waals surface area contributed by atoms with Crippen LogP contribution in [-0.4, -0.2) is 29.0 Å². The highest BCUT2D eigenvalue weighted by Crippen LogP contribution is 2.32. The van der Waals surface area contributed by atoms with Gasteiger partial charge < -0.3 is 21.4 Å². The fraction of sp³-hybridized carbons (Fsp3) is 0.500. The van der Waals surface area contributed by atoms with Crippen LogP contribution in [0.15, 0.2) is 12.3 Å². The van der Waals surface area contributed by atoms with Crippen molar-refractivity contribution in [2.45, 2.75) is 18.9 Å². The fourth-order valence-corrected chi connectivity index (χ4v) is 2.04. The SMILES string of the molecule is Cn1cc(C(N)=O)cc1C(=O)NC(CN)C1CC1. The Hall–Kier alpha value is -1.82. The zero-order valence-corrected chi connectivity index (χ0v) is 10.3. The summed E-state index contributed by atoms with van der Waals surface area (Å²) >= 11 is 0. The minimum atomic E-state index is -0.540. The third kappa shape index (κ3) is 2.53. The topological polar surface area (TPSA) is 103 Å². The van der Waals surface area contributed by atoms with E-state index in [1.165, 1.54) is 6.07 Å². The van der Waals surface area contributed by atoms with Crippen molar-refractivity contribution in [1.82, 2.24) is 9.88 Å². The first-order valence-corrected chi connectivity index (χ1v) is 6.00. The van der Waals surface area contributed by atoms with Crippen molar-refractivity contribution >= 4 is 11.8 Å². The zero-order valence-electron chi connectivity index (χ0n) is 10.3. The van der Waals surface area contributed by atoms with Gasteiger partial charge in [-0.05, 0) is 24.8 Å². The third-order valence-corrected chi connectivity index (χ3v) is 3.28. The quantitative estimate of drug-likeness (QED) is 0.662. The largest absolute Gasteiger partial charge is 0.366 e. The highest BCUT2D eigenvalue weighted by molar-refractivity contribution is 5.98. The van der Waals surface area contributed by atoms with Crippen LogP contribution in [0.3, 0.4) is 0 Å². The molecular weight excluding hydrogens is 232 g/mol. The Balaban J connectivity index is 2.10. The van der Waals surface area contributed by atoms with Crippen LogP contribution in [-0.2, 0) is 7.05 Å². The fourth-order valence-electron chi connectivity index (χ4n) is 2.04. The molecule has 0 bridgehead atoms. The Labute approximate surface area is 105 Å². The van der Waals surface area contributed by atoms with Crippen molar-refractivity contribution in [3.63, 3.8) is 0 Å². The van der Waals surface area contributed by atoms with Crippen molar-refractivity contribution in [3.05, 3.63) is 23.5 Å². The van der Waals surface area contributed by atoms with E-state index in [1.807, 2.05) is 0 Å². The monoisotopic (exact) mass is 250 g/mol. The summed E-state index contributed by atoms with van der Waals surface area (Å²) < 4.78 is 1.59. The molecule has 6 nitrogen and oxygen atoms in total. The molecule has 6 heteroatoms. The van der Waals surface area contributed by atoms with E-state index in [4.69, 9.17) is 11.5 Å². The standard InChI is InChI=1S/C12H18N4O2/c1-16-6-8(11(14)17)4-10(16)12(18)15-9(5-13)7-2-3-7/h4,6-7,9H,2-3,5,13H2,1H3,(H2,14,17)(H,15,18). The Kier molecular flexibility index (Phi) is 3.38. The first-order valence-electron chi connectivity index (χ1n) is 6.00. The summed E-state index contributed by atoms with van der Waals surface area (Å²) in [5.74, 6) is -0.260. The van der Waals surface area contributed by atoms with Gasteiger partial charge >= 0.3 is 0 Å². The highest BCUT2D eigenvalue weighted by atomic mass is 16.2. The molecule has 0 aliphatic heterocycles. The van der Waals surface area contributed by atoms with Gasteiger partial charge in [-0.15, -0.1) is 0 Å². The lowest BCUT2D eigenvalue weighted by Gasteiger charge is -2.16. The molecule has 1 saturated carbocycles. The van der Waals surface area contributed by atoms with Crippen molar-refractivity contribution in [3.8, 4) is 0 Å². The maximum Gasteiger partial charge on any atom is 0.268 e. The third-order valence-electron chi connectivity index (χ3n) is 3.28. The minimum Gasteiger partial charge on any atom is -0.366 e. The summed E-state index contributed by atoms with van der Waals surface area (Å²) in [7, 11) is 1.70. The molecule has 1 aromatic heterocycles. The molecule has 1 aliphatic carbocycles. The summed E-state index contributed by atoms with van der Waals surface area (Å²) in [5, 5.41) is 2.90. The van der Waals surface area contributed by atoms with E-state index in [0.717, 1.165) is 12.8 Å². The number of nitrogens with two attached hydrogens (primary N) is 2. The average molecular weight is 250 g/mol. The molecule has 0 saturated heterocycles. The lowest BCUT2D eigenvalue weighted by Crippen LogP contribution is -2.42. The molecule has 18 heavy (non-hydrogen) atoms. The number of aryl methyl sites for hydroxylation is 1. The Morgan fingerprint density at radius 3 is 2.67 bits per heavy atom.